The molecular weight excluding hydrogens is 648 g/mol. The van der Waals surface area contributed by atoms with E-state index in [-0.39, 0.29) is 31.8 Å². The van der Waals surface area contributed by atoms with Gasteiger partial charge in [-0.25, -0.2) is 13.4 Å². The highest BCUT2D eigenvalue weighted by Gasteiger charge is 2.62. The second-order valence-electron chi connectivity index (χ2n) is 13.4. The summed E-state index contributed by atoms with van der Waals surface area (Å²) in [7, 11) is -0.569. The number of hydrogen-bond donors (Lipinski definition) is 2. The summed E-state index contributed by atoms with van der Waals surface area (Å²) in [6.07, 6.45) is 4.74. The number of likely N-dealkylation sites (N-methyl/N-ethyl adjacent to an activating group) is 1. The number of pyridine rings is 1. The van der Waals surface area contributed by atoms with Crippen molar-refractivity contribution in [3.05, 3.63) is 66.7 Å². The highest BCUT2D eigenvalue weighted by Crippen LogP contribution is 2.47. The first-order chi connectivity index (χ1) is 23.6. The van der Waals surface area contributed by atoms with Gasteiger partial charge in [0.15, 0.2) is 0 Å². The van der Waals surface area contributed by atoms with Gasteiger partial charge in [0.2, 0.25) is 21.8 Å². The van der Waals surface area contributed by atoms with E-state index in [4.69, 9.17) is 19.2 Å². The molecule has 7 rings (SSSR count). The molecular formula is C36H40N4O8S. The molecule has 3 aromatic rings. The zero-order valence-corrected chi connectivity index (χ0v) is 28.3. The van der Waals surface area contributed by atoms with Crippen molar-refractivity contribution in [2.75, 3.05) is 33.9 Å². The molecule has 12 nitrogen and oxygen atoms in total. The van der Waals surface area contributed by atoms with Gasteiger partial charge in [0.05, 0.1) is 48.6 Å². The van der Waals surface area contributed by atoms with Gasteiger partial charge in [0.1, 0.15) is 23.1 Å². The number of nitrogens with zero attached hydrogens (tertiary/aromatic N) is 2. The highest BCUT2D eigenvalue weighted by atomic mass is 32.2. The van der Waals surface area contributed by atoms with E-state index in [2.05, 4.69) is 10.0 Å². The summed E-state index contributed by atoms with van der Waals surface area (Å²) in [6, 6.07) is 17.1. The molecule has 3 amide bonds. The second kappa shape index (κ2) is 13.1. The van der Waals surface area contributed by atoms with Crippen LogP contribution in [0, 0.1) is 17.8 Å². The van der Waals surface area contributed by atoms with Crippen LogP contribution in [0.1, 0.15) is 32.1 Å². The molecule has 0 saturated heterocycles. The standard InChI is InChI=1S/C36H40N4O8S/c1-40-14-16-47-15-6-9-23-21-36(23,35(43)39-49(44,45)26-11-12-26)38-33(41)28-17-25(18-29(28)34(40)42)48-32-20-30(22-7-4-3-5-8-22)37-31-19-24(46-2)10-13-27(31)32/h3-10,13,19-20,23,25-26,28-29H,11-12,14-18,21H2,1-2H3,(H,38,41)(H,39,43)/b9-6-/t23-,25-,28-,29-,36-/m1/s1. The summed E-state index contributed by atoms with van der Waals surface area (Å²) >= 11 is 0. The Morgan fingerprint density at radius 3 is 2.61 bits per heavy atom. The molecule has 3 aliphatic carbocycles. The SMILES string of the molecule is COc1ccc2c(O[C@@H]3C[C@H]4C(=O)N[C@]5(C(=O)NS(=O)(=O)C6CC6)C[C@H]5/C=C\COCCN(C)C(=O)[C@@H]4C3)cc(-c3ccccc3)nc2c1. The normalized spacial score (nSPS) is 28.1. The number of rotatable bonds is 7. The Bertz CT molecular complexity index is 1910. The number of carbonyl (C=O) groups excluding carboxylic acids is 3. The predicted molar refractivity (Wildman–Crippen MR) is 181 cm³/mol. The first kappa shape index (κ1) is 33.0. The van der Waals surface area contributed by atoms with Crippen molar-refractivity contribution >= 4 is 38.6 Å². The van der Waals surface area contributed by atoms with Gasteiger partial charge in [-0.05, 0) is 44.2 Å². The van der Waals surface area contributed by atoms with E-state index in [1.165, 1.54) is 0 Å². The molecule has 3 fully saturated rings. The Balaban J connectivity index is 1.19. The molecule has 1 aliphatic heterocycles. The van der Waals surface area contributed by atoms with Gasteiger partial charge in [-0.1, -0.05) is 42.5 Å². The summed E-state index contributed by atoms with van der Waals surface area (Å²) in [5.74, 6) is -2.22. The van der Waals surface area contributed by atoms with Gasteiger partial charge in [-0.2, -0.15) is 0 Å². The van der Waals surface area contributed by atoms with Crippen LogP contribution in [0.3, 0.4) is 0 Å². The van der Waals surface area contributed by atoms with E-state index in [0.29, 0.717) is 48.7 Å². The summed E-state index contributed by atoms with van der Waals surface area (Å²) in [6.45, 7) is 0.888. The first-order valence-electron chi connectivity index (χ1n) is 16.7. The molecule has 2 aromatic carbocycles. The largest absolute Gasteiger partial charge is 0.497 e. The summed E-state index contributed by atoms with van der Waals surface area (Å²) in [5.41, 5.74) is 0.824. The fourth-order valence-electron chi connectivity index (χ4n) is 6.93. The van der Waals surface area contributed by atoms with Crippen LogP contribution in [0.2, 0.25) is 0 Å². The van der Waals surface area contributed by atoms with Crippen LogP contribution >= 0.6 is 0 Å². The van der Waals surface area contributed by atoms with Crippen LogP contribution in [-0.2, 0) is 29.1 Å². The van der Waals surface area contributed by atoms with E-state index in [1.807, 2.05) is 54.6 Å². The average molecular weight is 689 g/mol. The van der Waals surface area contributed by atoms with E-state index in [9.17, 15) is 22.8 Å². The molecule has 5 atom stereocenters. The minimum atomic E-state index is -3.84. The molecule has 0 radical (unpaired) electrons. The number of aromatic nitrogens is 1. The maximum atomic E-state index is 14.2. The van der Waals surface area contributed by atoms with Crippen LogP contribution in [0.25, 0.3) is 22.2 Å². The van der Waals surface area contributed by atoms with Crippen LogP contribution in [0.15, 0.2) is 66.7 Å². The maximum Gasteiger partial charge on any atom is 0.259 e. The first-order valence-corrected chi connectivity index (χ1v) is 18.2. The lowest BCUT2D eigenvalue weighted by atomic mass is 9.93. The molecule has 0 bridgehead atoms. The molecule has 1 aromatic heterocycles. The Kier molecular flexibility index (Phi) is 8.82. The lowest BCUT2D eigenvalue weighted by molar-refractivity contribution is -0.141. The molecule has 258 valence electrons. The Labute approximate surface area is 285 Å². The molecule has 0 unspecified atom stereocenters. The van der Waals surface area contributed by atoms with Gasteiger partial charge in [-0.15, -0.1) is 0 Å². The summed E-state index contributed by atoms with van der Waals surface area (Å²) < 4.78 is 45.5. The zero-order valence-electron chi connectivity index (χ0n) is 27.5. The van der Waals surface area contributed by atoms with Crippen molar-refractivity contribution in [2.45, 2.75) is 49.0 Å². The fourth-order valence-corrected chi connectivity index (χ4v) is 8.29. The number of sulfonamides is 1. The highest BCUT2D eigenvalue weighted by molar-refractivity contribution is 7.91. The molecule has 49 heavy (non-hydrogen) atoms. The number of benzene rings is 2. The quantitative estimate of drug-likeness (QED) is 0.357. The topological polar surface area (TPSA) is 153 Å². The molecule has 4 aliphatic rings. The third-order valence-corrected chi connectivity index (χ3v) is 11.8. The van der Waals surface area contributed by atoms with Crippen LogP contribution in [-0.4, -0.2) is 86.8 Å². The van der Waals surface area contributed by atoms with Gasteiger partial charge >= 0.3 is 0 Å². The number of carbonyl (C=O) groups is 3. The Morgan fingerprint density at radius 2 is 1.86 bits per heavy atom. The third-order valence-electron chi connectivity index (χ3n) is 10.0. The van der Waals surface area contributed by atoms with Gasteiger partial charge in [0.25, 0.3) is 5.91 Å². The maximum absolute atomic E-state index is 14.2. The van der Waals surface area contributed by atoms with Crippen molar-refractivity contribution in [1.82, 2.24) is 19.9 Å². The van der Waals surface area contributed by atoms with E-state index >= 15 is 0 Å². The molecule has 13 heteroatoms. The van der Waals surface area contributed by atoms with E-state index in [1.54, 1.807) is 31.2 Å². The predicted octanol–water partition coefficient (Wildman–Crippen LogP) is 3.21. The average Bonchev–Trinajstić information content (AvgIpc) is 4.02. The third kappa shape index (κ3) is 6.73. The lowest BCUT2D eigenvalue weighted by Gasteiger charge is -2.26. The van der Waals surface area contributed by atoms with Gasteiger partial charge < -0.3 is 24.4 Å². The van der Waals surface area contributed by atoms with Crippen LogP contribution in [0.4, 0.5) is 0 Å². The lowest BCUT2D eigenvalue weighted by Crippen LogP contribution is -2.54. The van der Waals surface area contributed by atoms with Crippen molar-refractivity contribution < 1.29 is 37.0 Å². The Hall–Kier alpha value is -4.49. The smallest absolute Gasteiger partial charge is 0.259 e. The number of hydrogen-bond acceptors (Lipinski definition) is 9. The summed E-state index contributed by atoms with van der Waals surface area (Å²) in [4.78, 5) is 48.0. The second-order valence-corrected chi connectivity index (χ2v) is 15.3. The van der Waals surface area contributed by atoms with Crippen molar-refractivity contribution in [1.29, 1.82) is 0 Å². The minimum Gasteiger partial charge on any atom is -0.497 e. The number of ether oxygens (including phenoxy) is 3. The number of fused-ring (bicyclic) bond motifs is 3. The van der Waals surface area contributed by atoms with Crippen molar-refractivity contribution in [3.63, 3.8) is 0 Å². The van der Waals surface area contributed by atoms with Gasteiger partial charge in [0, 0.05) is 42.6 Å². The van der Waals surface area contributed by atoms with Crippen LogP contribution < -0.4 is 19.5 Å². The molecule has 2 heterocycles. The fraction of sp³-hybridized carbons (Fsp3) is 0.444. The monoisotopic (exact) mass is 688 g/mol. The number of amides is 3. The Morgan fingerprint density at radius 1 is 1.08 bits per heavy atom. The minimum absolute atomic E-state index is 0.214. The van der Waals surface area contributed by atoms with Crippen LogP contribution in [0.5, 0.6) is 11.5 Å². The molecule has 3 saturated carbocycles. The number of methoxy groups -OCH3 is 1. The zero-order chi connectivity index (χ0) is 34.3. The van der Waals surface area contributed by atoms with E-state index < -0.39 is 56.5 Å². The van der Waals surface area contributed by atoms with E-state index in [0.717, 1.165) is 10.9 Å². The summed E-state index contributed by atoms with van der Waals surface area (Å²) in [5, 5.41) is 3.07. The molecule has 0 spiro atoms. The molecule has 2 N–H and O–H groups in total. The number of nitrogens with one attached hydrogen (secondary N) is 2. The van der Waals surface area contributed by atoms with Gasteiger partial charge in [-0.3, -0.25) is 19.1 Å². The van der Waals surface area contributed by atoms with Crippen molar-refractivity contribution in [3.8, 4) is 22.8 Å². The van der Waals surface area contributed by atoms with Crippen molar-refractivity contribution in [2.24, 2.45) is 17.8 Å².